The van der Waals surface area contributed by atoms with E-state index in [9.17, 15) is 0 Å². The molecular formula is C10H10N2S. The second-order valence-corrected chi connectivity index (χ2v) is 3.68. The smallest absolute Gasteiger partial charge is 0.0582 e. The van der Waals surface area contributed by atoms with Crippen LogP contribution in [0.2, 0.25) is 0 Å². The summed E-state index contributed by atoms with van der Waals surface area (Å²) in [6, 6.07) is 4.17. The van der Waals surface area contributed by atoms with Crippen molar-refractivity contribution in [1.82, 2.24) is 10.2 Å². The van der Waals surface area contributed by atoms with Gasteiger partial charge in [-0.05, 0) is 29.5 Å². The molecule has 2 aromatic rings. The summed E-state index contributed by atoms with van der Waals surface area (Å²) in [5.41, 5.74) is 2.56. The molecule has 0 saturated carbocycles. The standard InChI is InChI=1S/C10H10N2S/c1-2-8-4-6-13-10(8)9-3-5-11-12-7-9/h3-7H,2H2,1H3. The summed E-state index contributed by atoms with van der Waals surface area (Å²) < 4.78 is 0. The molecule has 0 aliphatic heterocycles. The van der Waals surface area contributed by atoms with Crippen molar-refractivity contribution in [2.75, 3.05) is 0 Å². The number of rotatable bonds is 2. The maximum Gasteiger partial charge on any atom is 0.0582 e. The summed E-state index contributed by atoms with van der Waals surface area (Å²) in [7, 11) is 0. The van der Waals surface area contributed by atoms with Gasteiger partial charge in [0, 0.05) is 10.4 Å². The van der Waals surface area contributed by atoms with Gasteiger partial charge in [0.05, 0.1) is 12.4 Å². The van der Waals surface area contributed by atoms with Gasteiger partial charge in [0.15, 0.2) is 0 Å². The van der Waals surface area contributed by atoms with E-state index < -0.39 is 0 Å². The number of hydrogen-bond donors (Lipinski definition) is 0. The van der Waals surface area contributed by atoms with Crippen LogP contribution in [-0.4, -0.2) is 10.2 Å². The van der Waals surface area contributed by atoms with Gasteiger partial charge in [0.25, 0.3) is 0 Å². The van der Waals surface area contributed by atoms with Crippen molar-refractivity contribution in [3.8, 4) is 10.4 Å². The van der Waals surface area contributed by atoms with E-state index in [1.54, 1.807) is 17.5 Å². The lowest BCUT2D eigenvalue weighted by molar-refractivity contribution is 1.03. The van der Waals surface area contributed by atoms with Gasteiger partial charge in [-0.25, -0.2) is 0 Å². The fraction of sp³-hybridized carbons (Fsp3) is 0.200. The Morgan fingerprint density at radius 3 is 2.92 bits per heavy atom. The second kappa shape index (κ2) is 3.66. The van der Waals surface area contributed by atoms with Crippen molar-refractivity contribution < 1.29 is 0 Å². The van der Waals surface area contributed by atoms with Gasteiger partial charge in [0.2, 0.25) is 0 Å². The summed E-state index contributed by atoms with van der Waals surface area (Å²) >= 11 is 1.76. The number of aromatic nitrogens is 2. The van der Waals surface area contributed by atoms with E-state index in [1.807, 2.05) is 12.3 Å². The van der Waals surface area contributed by atoms with Crippen LogP contribution in [0.25, 0.3) is 10.4 Å². The van der Waals surface area contributed by atoms with Crippen molar-refractivity contribution in [2.45, 2.75) is 13.3 Å². The van der Waals surface area contributed by atoms with Crippen molar-refractivity contribution in [1.29, 1.82) is 0 Å². The van der Waals surface area contributed by atoms with Gasteiger partial charge in [-0.3, -0.25) is 0 Å². The van der Waals surface area contributed by atoms with Crippen LogP contribution in [-0.2, 0) is 6.42 Å². The Balaban J connectivity index is 2.47. The Labute approximate surface area is 81.3 Å². The molecule has 0 saturated heterocycles. The van der Waals surface area contributed by atoms with E-state index in [0.717, 1.165) is 6.42 Å². The molecule has 2 aromatic heterocycles. The molecule has 2 heterocycles. The third kappa shape index (κ3) is 1.60. The van der Waals surface area contributed by atoms with Crippen LogP contribution in [0.5, 0.6) is 0 Å². The zero-order valence-corrected chi connectivity index (χ0v) is 8.21. The van der Waals surface area contributed by atoms with Crippen LogP contribution < -0.4 is 0 Å². The summed E-state index contributed by atoms with van der Waals surface area (Å²) in [6.45, 7) is 2.17. The fourth-order valence-corrected chi connectivity index (χ4v) is 2.28. The average molecular weight is 190 g/mol. The molecule has 0 unspecified atom stereocenters. The van der Waals surface area contributed by atoms with Crippen LogP contribution in [0.4, 0.5) is 0 Å². The lowest BCUT2D eigenvalue weighted by atomic mass is 10.1. The van der Waals surface area contributed by atoms with Gasteiger partial charge >= 0.3 is 0 Å². The monoisotopic (exact) mass is 190 g/mol. The van der Waals surface area contributed by atoms with Crippen LogP contribution in [0, 0.1) is 0 Å². The van der Waals surface area contributed by atoms with E-state index in [-0.39, 0.29) is 0 Å². The molecule has 0 aromatic carbocycles. The molecule has 13 heavy (non-hydrogen) atoms. The average Bonchev–Trinajstić information content (AvgIpc) is 2.67. The Morgan fingerprint density at radius 2 is 2.23 bits per heavy atom. The quantitative estimate of drug-likeness (QED) is 0.727. The molecule has 2 rings (SSSR count). The molecule has 0 N–H and O–H groups in total. The first-order chi connectivity index (χ1) is 6.42. The molecule has 0 aliphatic carbocycles. The minimum atomic E-state index is 1.07. The van der Waals surface area contributed by atoms with Crippen molar-refractivity contribution >= 4 is 11.3 Å². The minimum Gasteiger partial charge on any atom is -0.159 e. The first kappa shape index (κ1) is 8.38. The molecule has 3 heteroatoms. The summed E-state index contributed by atoms with van der Waals surface area (Å²) in [5.74, 6) is 0. The molecule has 0 atom stereocenters. The van der Waals surface area contributed by atoms with E-state index in [2.05, 4.69) is 28.6 Å². The molecule has 2 nitrogen and oxygen atoms in total. The van der Waals surface area contributed by atoms with E-state index >= 15 is 0 Å². The van der Waals surface area contributed by atoms with Crippen LogP contribution >= 0.6 is 11.3 Å². The Morgan fingerprint density at radius 1 is 1.31 bits per heavy atom. The first-order valence-electron chi connectivity index (χ1n) is 4.25. The zero-order chi connectivity index (χ0) is 9.10. The summed E-state index contributed by atoms with van der Waals surface area (Å²) in [5, 5.41) is 9.76. The van der Waals surface area contributed by atoms with Crippen LogP contribution in [0.1, 0.15) is 12.5 Å². The second-order valence-electron chi connectivity index (χ2n) is 2.76. The molecule has 66 valence electrons. The van der Waals surface area contributed by atoms with Gasteiger partial charge in [-0.1, -0.05) is 6.92 Å². The number of thiophene rings is 1. The molecule has 0 radical (unpaired) electrons. The van der Waals surface area contributed by atoms with Crippen molar-refractivity contribution in [2.24, 2.45) is 0 Å². The third-order valence-electron chi connectivity index (χ3n) is 1.97. The van der Waals surface area contributed by atoms with Gasteiger partial charge in [0.1, 0.15) is 0 Å². The van der Waals surface area contributed by atoms with Gasteiger partial charge < -0.3 is 0 Å². The van der Waals surface area contributed by atoms with E-state index in [0.29, 0.717) is 0 Å². The number of hydrogen-bond acceptors (Lipinski definition) is 3. The largest absolute Gasteiger partial charge is 0.159 e. The fourth-order valence-electron chi connectivity index (χ4n) is 1.29. The normalized spacial score (nSPS) is 10.2. The zero-order valence-electron chi connectivity index (χ0n) is 7.40. The van der Waals surface area contributed by atoms with Crippen LogP contribution in [0.3, 0.4) is 0 Å². The SMILES string of the molecule is CCc1ccsc1-c1ccnnc1. The van der Waals surface area contributed by atoms with E-state index in [4.69, 9.17) is 0 Å². The lowest BCUT2D eigenvalue weighted by Gasteiger charge is -1.98. The van der Waals surface area contributed by atoms with Crippen molar-refractivity contribution in [3.63, 3.8) is 0 Å². The predicted molar refractivity (Wildman–Crippen MR) is 54.7 cm³/mol. The highest BCUT2D eigenvalue weighted by atomic mass is 32.1. The summed E-state index contributed by atoms with van der Waals surface area (Å²) in [6.07, 6.45) is 4.61. The highest BCUT2D eigenvalue weighted by molar-refractivity contribution is 7.13. The van der Waals surface area contributed by atoms with Crippen LogP contribution in [0.15, 0.2) is 29.9 Å². The topological polar surface area (TPSA) is 25.8 Å². The predicted octanol–water partition coefficient (Wildman–Crippen LogP) is 2.77. The van der Waals surface area contributed by atoms with E-state index in [1.165, 1.54) is 16.0 Å². The molecule has 0 fully saturated rings. The molecular weight excluding hydrogens is 180 g/mol. The third-order valence-corrected chi connectivity index (χ3v) is 2.98. The first-order valence-corrected chi connectivity index (χ1v) is 5.13. The molecule has 0 spiro atoms. The molecule has 0 bridgehead atoms. The number of aryl methyl sites for hydroxylation is 1. The highest BCUT2D eigenvalue weighted by Gasteiger charge is 2.04. The van der Waals surface area contributed by atoms with Gasteiger partial charge in [-0.15, -0.1) is 11.3 Å². The van der Waals surface area contributed by atoms with Crippen molar-refractivity contribution in [3.05, 3.63) is 35.5 Å². The maximum atomic E-state index is 3.87. The maximum absolute atomic E-state index is 3.87. The highest BCUT2D eigenvalue weighted by Crippen LogP contribution is 2.28. The molecule has 0 aliphatic rings. The van der Waals surface area contributed by atoms with Gasteiger partial charge in [-0.2, -0.15) is 10.2 Å². The minimum absolute atomic E-state index is 1.07. The summed E-state index contributed by atoms with van der Waals surface area (Å²) in [4.78, 5) is 1.32. The molecule has 0 amide bonds. The Hall–Kier alpha value is -1.22. The lowest BCUT2D eigenvalue weighted by Crippen LogP contribution is -1.83. The Kier molecular flexibility index (Phi) is 2.36. The number of nitrogens with zero attached hydrogens (tertiary/aromatic N) is 2. The Bertz CT molecular complexity index is 381.